The predicted octanol–water partition coefficient (Wildman–Crippen LogP) is 3.59. The largest absolute Gasteiger partial charge is 0.377 e. The lowest BCUT2D eigenvalue weighted by Gasteiger charge is -2.30. The molecule has 0 aromatic heterocycles. The number of ether oxygens (including phenoxy) is 2. The molecule has 94 valence electrons. The average molecular weight is 226 g/mol. The zero-order chi connectivity index (χ0) is 12.3. The van der Waals surface area contributed by atoms with Crippen LogP contribution >= 0.6 is 0 Å². The Kier molecular flexibility index (Phi) is 9.25. The van der Waals surface area contributed by atoms with Crippen LogP contribution in [-0.2, 0) is 9.47 Å². The molecule has 16 heavy (non-hydrogen) atoms. The second-order valence-corrected chi connectivity index (χ2v) is 4.10. The Balaban J connectivity index is 4.03. The van der Waals surface area contributed by atoms with Crippen LogP contribution in [0.15, 0.2) is 24.8 Å². The molecule has 0 aliphatic carbocycles. The minimum absolute atomic E-state index is 0.157. The normalized spacial score (nSPS) is 12.2. The first kappa shape index (κ1) is 15.4. The van der Waals surface area contributed by atoms with E-state index in [1.165, 1.54) is 0 Å². The fraction of sp³-hybridized carbons (Fsp3) is 0.714. The summed E-state index contributed by atoms with van der Waals surface area (Å²) in [5.41, 5.74) is 0.157. The lowest BCUT2D eigenvalue weighted by molar-refractivity contribution is -0.0138. The summed E-state index contributed by atoms with van der Waals surface area (Å²) in [6.45, 7) is 12.9. The van der Waals surface area contributed by atoms with Crippen molar-refractivity contribution >= 4 is 0 Å². The molecule has 0 heterocycles. The number of hydrogen-bond donors (Lipinski definition) is 0. The molecule has 0 bridgehead atoms. The maximum absolute atomic E-state index is 5.66. The van der Waals surface area contributed by atoms with E-state index in [-0.39, 0.29) is 5.41 Å². The SMILES string of the molecule is C=CCOCC(CC)(CC)COCC=CC. The molecule has 2 nitrogen and oxygen atoms in total. The molecule has 0 radical (unpaired) electrons. The second kappa shape index (κ2) is 9.61. The molecule has 0 rings (SSSR count). The lowest BCUT2D eigenvalue weighted by Crippen LogP contribution is -2.31. The molecule has 2 heteroatoms. The van der Waals surface area contributed by atoms with Crippen LogP contribution in [0.4, 0.5) is 0 Å². The van der Waals surface area contributed by atoms with Crippen LogP contribution in [0, 0.1) is 5.41 Å². The first-order valence-electron chi connectivity index (χ1n) is 6.12. The van der Waals surface area contributed by atoms with Crippen LogP contribution < -0.4 is 0 Å². The van der Waals surface area contributed by atoms with Gasteiger partial charge in [-0.15, -0.1) is 6.58 Å². The van der Waals surface area contributed by atoms with Crippen molar-refractivity contribution in [3.8, 4) is 0 Å². The highest BCUT2D eigenvalue weighted by Crippen LogP contribution is 2.27. The van der Waals surface area contributed by atoms with Crippen molar-refractivity contribution in [1.82, 2.24) is 0 Å². The standard InChI is InChI=1S/C14H26O2/c1-5-9-11-16-13-14(7-3,8-4)12-15-10-6-2/h5-6,9H,2,7-8,10-13H2,1,3-4H3. The van der Waals surface area contributed by atoms with Crippen molar-refractivity contribution in [3.63, 3.8) is 0 Å². The van der Waals surface area contributed by atoms with E-state index in [1.54, 1.807) is 6.08 Å². The molecule has 0 atom stereocenters. The maximum Gasteiger partial charge on any atom is 0.0647 e. The minimum Gasteiger partial charge on any atom is -0.377 e. The van der Waals surface area contributed by atoms with Crippen molar-refractivity contribution in [1.29, 1.82) is 0 Å². The van der Waals surface area contributed by atoms with Gasteiger partial charge in [0.15, 0.2) is 0 Å². The Labute approximate surface area is 100 Å². The molecule has 0 saturated heterocycles. The highest BCUT2D eigenvalue weighted by molar-refractivity contribution is 4.80. The summed E-state index contributed by atoms with van der Waals surface area (Å²) in [6.07, 6.45) is 7.98. The van der Waals surface area contributed by atoms with E-state index >= 15 is 0 Å². The summed E-state index contributed by atoms with van der Waals surface area (Å²) >= 11 is 0. The van der Waals surface area contributed by atoms with Crippen molar-refractivity contribution in [2.24, 2.45) is 5.41 Å². The van der Waals surface area contributed by atoms with Gasteiger partial charge >= 0.3 is 0 Å². The highest BCUT2D eigenvalue weighted by Gasteiger charge is 2.26. The fourth-order valence-corrected chi connectivity index (χ4v) is 1.50. The summed E-state index contributed by atoms with van der Waals surface area (Å²) < 4.78 is 11.2. The number of allylic oxidation sites excluding steroid dienone is 1. The van der Waals surface area contributed by atoms with Crippen LogP contribution in [0.3, 0.4) is 0 Å². The van der Waals surface area contributed by atoms with E-state index in [9.17, 15) is 0 Å². The minimum atomic E-state index is 0.157. The molecule has 0 amide bonds. The molecule has 0 aromatic rings. The molecule has 0 aliphatic rings. The zero-order valence-electron chi connectivity index (χ0n) is 11.0. The van der Waals surface area contributed by atoms with Gasteiger partial charge in [0.25, 0.3) is 0 Å². The van der Waals surface area contributed by atoms with Crippen molar-refractivity contribution in [2.45, 2.75) is 33.6 Å². The third-order valence-electron chi connectivity index (χ3n) is 3.00. The Morgan fingerprint density at radius 2 is 1.62 bits per heavy atom. The summed E-state index contributed by atoms with van der Waals surface area (Å²) in [4.78, 5) is 0. The van der Waals surface area contributed by atoms with Gasteiger partial charge in [0.1, 0.15) is 0 Å². The van der Waals surface area contributed by atoms with Crippen LogP contribution in [0.1, 0.15) is 33.6 Å². The van der Waals surface area contributed by atoms with Crippen LogP contribution in [0.25, 0.3) is 0 Å². The summed E-state index contributed by atoms with van der Waals surface area (Å²) in [5, 5.41) is 0. The summed E-state index contributed by atoms with van der Waals surface area (Å²) in [5.74, 6) is 0. The van der Waals surface area contributed by atoms with E-state index in [4.69, 9.17) is 9.47 Å². The van der Waals surface area contributed by atoms with Gasteiger partial charge < -0.3 is 9.47 Å². The van der Waals surface area contributed by atoms with Crippen LogP contribution in [0.5, 0.6) is 0 Å². The van der Waals surface area contributed by atoms with Gasteiger partial charge in [-0.05, 0) is 19.8 Å². The first-order valence-corrected chi connectivity index (χ1v) is 6.12. The Bertz CT molecular complexity index is 193. The van der Waals surface area contributed by atoms with Gasteiger partial charge in [-0.25, -0.2) is 0 Å². The van der Waals surface area contributed by atoms with Gasteiger partial charge in [0.05, 0.1) is 26.4 Å². The Morgan fingerprint density at radius 1 is 1.06 bits per heavy atom. The van der Waals surface area contributed by atoms with Crippen LogP contribution in [0.2, 0.25) is 0 Å². The van der Waals surface area contributed by atoms with Crippen LogP contribution in [-0.4, -0.2) is 26.4 Å². The van der Waals surface area contributed by atoms with E-state index in [2.05, 4.69) is 20.4 Å². The van der Waals surface area contributed by atoms with Gasteiger partial charge in [0, 0.05) is 5.41 Å². The molecule has 0 aromatic carbocycles. The van der Waals surface area contributed by atoms with Gasteiger partial charge in [-0.2, -0.15) is 0 Å². The summed E-state index contributed by atoms with van der Waals surface area (Å²) in [7, 11) is 0. The topological polar surface area (TPSA) is 18.5 Å². The molecule has 0 unspecified atom stereocenters. The number of rotatable bonds is 10. The molecule has 0 N–H and O–H groups in total. The first-order chi connectivity index (χ1) is 7.74. The van der Waals surface area contributed by atoms with Gasteiger partial charge in [-0.1, -0.05) is 32.1 Å². The summed E-state index contributed by atoms with van der Waals surface area (Å²) in [6, 6.07) is 0. The predicted molar refractivity (Wildman–Crippen MR) is 69.7 cm³/mol. The Hall–Kier alpha value is -0.600. The fourth-order valence-electron chi connectivity index (χ4n) is 1.50. The smallest absolute Gasteiger partial charge is 0.0647 e. The monoisotopic (exact) mass is 226 g/mol. The molecular weight excluding hydrogens is 200 g/mol. The highest BCUT2D eigenvalue weighted by atomic mass is 16.5. The van der Waals surface area contributed by atoms with Crippen molar-refractivity contribution < 1.29 is 9.47 Å². The second-order valence-electron chi connectivity index (χ2n) is 4.10. The third kappa shape index (κ3) is 6.09. The maximum atomic E-state index is 5.66. The average Bonchev–Trinajstić information content (AvgIpc) is 2.33. The van der Waals surface area contributed by atoms with Gasteiger partial charge in [0.2, 0.25) is 0 Å². The zero-order valence-corrected chi connectivity index (χ0v) is 11.0. The molecule has 0 aliphatic heterocycles. The molecular formula is C14H26O2. The van der Waals surface area contributed by atoms with E-state index < -0.39 is 0 Å². The number of hydrogen-bond acceptors (Lipinski definition) is 2. The van der Waals surface area contributed by atoms with Crippen molar-refractivity contribution in [3.05, 3.63) is 24.8 Å². The molecule has 0 saturated carbocycles. The van der Waals surface area contributed by atoms with Crippen molar-refractivity contribution in [2.75, 3.05) is 26.4 Å². The molecule has 0 fully saturated rings. The molecule has 0 spiro atoms. The third-order valence-corrected chi connectivity index (χ3v) is 3.00. The lowest BCUT2D eigenvalue weighted by atomic mass is 9.84. The van der Waals surface area contributed by atoms with E-state index in [1.807, 2.05) is 19.1 Å². The van der Waals surface area contributed by atoms with Gasteiger partial charge in [-0.3, -0.25) is 0 Å². The van der Waals surface area contributed by atoms with E-state index in [0.29, 0.717) is 13.2 Å². The van der Waals surface area contributed by atoms with E-state index in [0.717, 1.165) is 26.1 Å². The quantitative estimate of drug-likeness (QED) is 0.418. The Morgan fingerprint density at radius 3 is 2.06 bits per heavy atom.